The van der Waals surface area contributed by atoms with Crippen LogP contribution in [0.4, 0.5) is 5.95 Å². The maximum atomic E-state index is 12.7. The normalized spacial score (nSPS) is 15.5. The van der Waals surface area contributed by atoms with Crippen LogP contribution in [0.2, 0.25) is 10.2 Å². The summed E-state index contributed by atoms with van der Waals surface area (Å²) in [4.78, 5) is 12.0. The number of rotatable bonds is 7. The summed E-state index contributed by atoms with van der Waals surface area (Å²) in [5.74, 6) is 0.882. The van der Waals surface area contributed by atoms with E-state index in [0.29, 0.717) is 28.0 Å². The average molecular weight is 486 g/mol. The molecule has 1 atom stereocenters. The van der Waals surface area contributed by atoms with Gasteiger partial charge in [-0.3, -0.25) is 9.29 Å². The van der Waals surface area contributed by atoms with Gasteiger partial charge in [-0.15, -0.1) is 10.2 Å². The van der Waals surface area contributed by atoms with E-state index in [9.17, 15) is 8.42 Å². The van der Waals surface area contributed by atoms with E-state index in [1.54, 1.807) is 10.6 Å². The molecule has 11 nitrogen and oxygen atoms in total. The number of methoxy groups -OCH3 is 1. The van der Waals surface area contributed by atoms with Gasteiger partial charge in [0.2, 0.25) is 16.0 Å². The second kappa shape index (κ2) is 8.91. The van der Waals surface area contributed by atoms with Crippen molar-refractivity contribution in [2.75, 3.05) is 30.8 Å². The largest absolute Gasteiger partial charge is 0.487 e. The Kier molecular flexibility index (Phi) is 6.23. The SMILES string of the molecule is COC[C@@H]1COc2c(ccnc2Cl)-c2nnc(NS(=O)(=O)CCc3ncc(Cl)cn3)n21. The Bertz CT molecular complexity index is 1190. The van der Waals surface area contributed by atoms with Crippen molar-refractivity contribution in [2.24, 2.45) is 0 Å². The lowest BCUT2D eigenvalue weighted by molar-refractivity contribution is 0.126. The number of aryl methyl sites for hydroxylation is 1. The Hall–Kier alpha value is -2.54. The van der Waals surface area contributed by atoms with E-state index in [0.717, 1.165) is 0 Å². The molecule has 0 bridgehead atoms. The van der Waals surface area contributed by atoms with Gasteiger partial charge in [-0.1, -0.05) is 23.2 Å². The first kappa shape index (κ1) is 21.7. The quantitative estimate of drug-likeness (QED) is 0.498. The molecule has 4 heterocycles. The first-order valence-electron chi connectivity index (χ1n) is 9.06. The number of hydrogen-bond donors (Lipinski definition) is 1. The van der Waals surface area contributed by atoms with Gasteiger partial charge in [0.1, 0.15) is 12.4 Å². The van der Waals surface area contributed by atoms with E-state index in [1.807, 2.05) is 0 Å². The monoisotopic (exact) mass is 485 g/mol. The fourth-order valence-electron chi connectivity index (χ4n) is 3.08. The molecule has 0 radical (unpaired) electrons. The predicted molar refractivity (Wildman–Crippen MR) is 113 cm³/mol. The average Bonchev–Trinajstić information content (AvgIpc) is 3.06. The topological polar surface area (TPSA) is 134 Å². The van der Waals surface area contributed by atoms with Gasteiger partial charge in [-0.05, 0) is 6.07 Å². The van der Waals surface area contributed by atoms with Crippen LogP contribution < -0.4 is 9.46 Å². The van der Waals surface area contributed by atoms with Crippen LogP contribution in [0.15, 0.2) is 24.7 Å². The zero-order chi connectivity index (χ0) is 22.0. The van der Waals surface area contributed by atoms with Gasteiger partial charge in [0, 0.05) is 32.1 Å². The smallest absolute Gasteiger partial charge is 0.239 e. The zero-order valence-electron chi connectivity index (χ0n) is 16.2. The molecule has 0 fully saturated rings. The summed E-state index contributed by atoms with van der Waals surface area (Å²) in [6.45, 7) is 0.391. The van der Waals surface area contributed by atoms with Crippen molar-refractivity contribution in [3.63, 3.8) is 0 Å². The Morgan fingerprint density at radius 1 is 1.26 bits per heavy atom. The summed E-state index contributed by atoms with van der Waals surface area (Å²) in [5, 5.41) is 8.77. The highest BCUT2D eigenvalue weighted by atomic mass is 35.5. The molecule has 0 unspecified atom stereocenters. The minimum Gasteiger partial charge on any atom is -0.487 e. The zero-order valence-corrected chi connectivity index (χ0v) is 18.5. The fraction of sp³-hybridized carbons (Fsp3) is 0.353. The number of fused-ring (bicyclic) bond motifs is 3. The van der Waals surface area contributed by atoms with Crippen molar-refractivity contribution in [1.29, 1.82) is 0 Å². The van der Waals surface area contributed by atoms with Crippen LogP contribution in [-0.2, 0) is 21.2 Å². The van der Waals surface area contributed by atoms with E-state index in [2.05, 4.69) is 29.9 Å². The summed E-state index contributed by atoms with van der Waals surface area (Å²) >= 11 is 11.9. The van der Waals surface area contributed by atoms with Crippen LogP contribution in [0.5, 0.6) is 5.75 Å². The minimum atomic E-state index is -3.79. The maximum Gasteiger partial charge on any atom is 0.239 e. The lowest BCUT2D eigenvalue weighted by atomic mass is 10.2. The highest BCUT2D eigenvalue weighted by Crippen LogP contribution is 2.39. The Morgan fingerprint density at radius 3 is 2.77 bits per heavy atom. The highest BCUT2D eigenvalue weighted by molar-refractivity contribution is 7.92. The highest BCUT2D eigenvalue weighted by Gasteiger charge is 2.30. The third kappa shape index (κ3) is 4.71. The van der Waals surface area contributed by atoms with E-state index < -0.39 is 16.1 Å². The van der Waals surface area contributed by atoms with Crippen molar-refractivity contribution in [1.82, 2.24) is 29.7 Å². The molecule has 31 heavy (non-hydrogen) atoms. The Labute approximate surface area is 187 Å². The lowest BCUT2D eigenvalue weighted by Crippen LogP contribution is -2.26. The first-order valence-corrected chi connectivity index (χ1v) is 11.5. The van der Waals surface area contributed by atoms with Crippen LogP contribution in [0, 0.1) is 0 Å². The molecule has 0 saturated carbocycles. The number of nitrogens with zero attached hydrogens (tertiary/aromatic N) is 6. The van der Waals surface area contributed by atoms with Crippen LogP contribution in [0.25, 0.3) is 11.4 Å². The number of anilines is 1. The molecule has 3 aromatic heterocycles. The molecular weight excluding hydrogens is 469 g/mol. The number of nitrogens with one attached hydrogen (secondary N) is 1. The van der Waals surface area contributed by atoms with Gasteiger partial charge in [-0.25, -0.2) is 23.4 Å². The summed E-state index contributed by atoms with van der Waals surface area (Å²) in [7, 11) is -2.25. The second-order valence-corrected chi connectivity index (χ2v) is 9.24. The molecule has 1 N–H and O–H groups in total. The second-order valence-electron chi connectivity index (χ2n) is 6.60. The standard InChI is InChI=1S/C17H17Cl2N7O4S/c1-29-8-11-9-30-14-12(2-4-20-15(14)19)16-23-24-17(26(11)16)25-31(27,28)5-3-13-21-6-10(18)7-22-13/h2,4,6-7,11H,3,5,8-9H2,1H3,(H,24,25)/t11-/m1/s1. The lowest BCUT2D eigenvalue weighted by Gasteiger charge is -2.19. The molecule has 14 heteroatoms. The number of aromatic nitrogens is 6. The predicted octanol–water partition coefficient (Wildman–Crippen LogP) is 2.00. The van der Waals surface area contributed by atoms with Crippen LogP contribution in [0.1, 0.15) is 11.9 Å². The Morgan fingerprint density at radius 2 is 2.03 bits per heavy atom. The molecule has 1 aliphatic rings. The van der Waals surface area contributed by atoms with Gasteiger partial charge < -0.3 is 9.47 Å². The molecule has 164 valence electrons. The van der Waals surface area contributed by atoms with Gasteiger partial charge in [0.15, 0.2) is 16.7 Å². The van der Waals surface area contributed by atoms with Crippen LogP contribution in [0.3, 0.4) is 0 Å². The fourth-order valence-corrected chi connectivity index (χ4v) is 4.36. The van der Waals surface area contributed by atoms with Gasteiger partial charge in [0.25, 0.3) is 0 Å². The number of sulfonamides is 1. The molecule has 0 amide bonds. The van der Waals surface area contributed by atoms with Crippen molar-refractivity contribution in [3.05, 3.63) is 40.7 Å². The van der Waals surface area contributed by atoms with Gasteiger partial charge >= 0.3 is 0 Å². The van der Waals surface area contributed by atoms with E-state index >= 15 is 0 Å². The molecule has 0 aliphatic carbocycles. The number of hydrogen-bond acceptors (Lipinski definition) is 9. The Balaban J connectivity index is 1.63. The molecule has 4 rings (SSSR count). The number of halogens is 2. The number of pyridine rings is 1. The first-order chi connectivity index (χ1) is 14.9. The van der Waals surface area contributed by atoms with E-state index in [1.165, 1.54) is 25.7 Å². The van der Waals surface area contributed by atoms with Crippen molar-refractivity contribution in [2.45, 2.75) is 12.5 Å². The molecule has 3 aromatic rings. The van der Waals surface area contributed by atoms with E-state index in [4.69, 9.17) is 32.7 Å². The van der Waals surface area contributed by atoms with Crippen molar-refractivity contribution >= 4 is 39.2 Å². The van der Waals surface area contributed by atoms with Crippen molar-refractivity contribution in [3.8, 4) is 17.1 Å². The van der Waals surface area contributed by atoms with E-state index in [-0.39, 0.29) is 36.5 Å². The summed E-state index contributed by atoms with van der Waals surface area (Å²) in [6, 6.07) is 1.27. The summed E-state index contributed by atoms with van der Waals surface area (Å²) in [5.41, 5.74) is 0.547. The number of ether oxygens (including phenoxy) is 2. The molecule has 0 spiro atoms. The summed E-state index contributed by atoms with van der Waals surface area (Å²) < 4.78 is 40.6. The minimum absolute atomic E-state index is 0.0402. The third-order valence-electron chi connectivity index (χ3n) is 4.46. The third-order valence-corrected chi connectivity index (χ3v) is 6.16. The molecule has 0 aromatic carbocycles. The maximum absolute atomic E-state index is 12.7. The summed E-state index contributed by atoms with van der Waals surface area (Å²) in [6.07, 6.45) is 4.43. The van der Waals surface area contributed by atoms with Gasteiger partial charge in [-0.2, -0.15) is 0 Å². The molecular formula is C17H17Cl2N7O4S. The van der Waals surface area contributed by atoms with Crippen LogP contribution in [-0.4, -0.2) is 64.2 Å². The molecule has 1 aliphatic heterocycles. The molecule has 0 saturated heterocycles. The van der Waals surface area contributed by atoms with Crippen LogP contribution >= 0.6 is 23.2 Å². The van der Waals surface area contributed by atoms with Gasteiger partial charge in [0.05, 0.1) is 29.0 Å². The van der Waals surface area contributed by atoms with Crippen molar-refractivity contribution < 1.29 is 17.9 Å².